The highest BCUT2D eigenvalue weighted by Gasteiger charge is 2.09. The predicted molar refractivity (Wildman–Crippen MR) is 114 cm³/mol. The minimum absolute atomic E-state index is 0.139. The Labute approximate surface area is 170 Å². The first-order valence-corrected chi connectivity index (χ1v) is 9.45. The van der Waals surface area contributed by atoms with Crippen LogP contribution in [-0.2, 0) is 6.54 Å². The van der Waals surface area contributed by atoms with Crippen LogP contribution in [-0.4, -0.2) is 24.1 Å². The van der Waals surface area contributed by atoms with Crippen LogP contribution < -0.4 is 20.1 Å². The minimum Gasteiger partial charge on any atom is -0.496 e. The second kappa shape index (κ2) is 9.59. The Kier molecular flexibility index (Phi) is 6.68. The first kappa shape index (κ1) is 20.2. The molecule has 0 saturated heterocycles. The van der Waals surface area contributed by atoms with E-state index in [1.165, 1.54) is 0 Å². The van der Waals surface area contributed by atoms with Crippen molar-refractivity contribution >= 4 is 17.3 Å². The number of aromatic nitrogens is 1. The van der Waals surface area contributed by atoms with Crippen LogP contribution in [0.15, 0.2) is 66.9 Å². The average Bonchev–Trinajstić information content (AvgIpc) is 2.74. The Balaban J connectivity index is 1.57. The van der Waals surface area contributed by atoms with E-state index in [4.69, 9.17) is 9.47 Å². The first-order chi connectivity index (χ1) is 14.0. The molecule has 0 bridgehead atoms. The van der Waals surface area contributed by atoms with Crippen molar-refractivity contribution < 1.29 is 14.3 Å². The lowest BCUT2D eigenvalue weighted by molar-refractivity contribution is 0.0945. The number of pyridine rings is 1. The number of benzene rings is 2. The van der Waals surface area contributed by atoms with Gasteiger partial charge < -0.3 is 20.1 Å². The SMILES string of the molecule is COc1ccccc1CNC(=O)c1ccc(Nc2ccc(OC(C)C)cc2)cn1. The zero-order valence-electron chi connectivity index (χ0n) is 16.8. The zero-order valence-corrected chi connectivity index (χ0v) is 16.8. The van der Waals surface area contributed by atoms with Crippen LogP contribution in [0.2, 0.25) is 0 Å². The van der Waals surface area contributed by atoms with Gasteiger partial charge >= 0.3 is 0 Å². The van der Waals surface area contributed by atoms with Crippen LogP contribution >= 0.6 is 0 Å². The van der Waals surface area contributed by atoms with Gasteiger partial charge in [0.15, 0.2) is 0 Å². The van der Waals surface area contributed by atoms with Crippen LogP contribution in [0.3, 0.4) is 0 Å². The number of rotatable bonds is 8. The summed E-state index contributed by atoms with van der Waals surface area (Å²) in [7, 11) is 1.61. The fourth-order valence-corrected chi connectivity index (χ4v) is 2.77. The summed E-state index contributed by atoms with van der Waals surface area (Å²) in [5.74, 6) is 1.33. The summed E-state index contributed by atoms with van der Waals surface area (Å²) in [6.07, 6.45) is 1.77. The molecular formula is C23H25N3O3. The Morgan fingerprint density at radius 1 is 1.00 bits per heavy atom. The van der Waals surface area contributed by atoms with E-state index in [-0.39, 0.29) is 12.0 Å². The van der Waals surface area contributed by atoms with Gasteiger partial charge in [0.05, 0.1) is 25.1 Å². The lowest BCUT2D eigenvalue weighted by atomic mass is 10.2. The lowest BCUT2D eigenvalue weighted by Crippen LogP contribution is -2.24. The highest BCUT2D eigenvalue weighted by molar-refractivity contribution is 5.92. The van der Waals surface area contributed by atoms with E-state index in [1.54, 1.807) is 19.4 Å². The highest BCUT2D eigenvalue weighted by Crippen LogP contribution is 2.21. The molecule has 0 aliphatic heterocycles. The monoisotopic (exact) mass is 391 g/mol. The molecule has 3 rings (SSSR count). The van der Waals surface area contributed by atoms with Crippen LogP contribution in [0.5, 0.6) is 11.5 Å². The van der Waals surface area contributed by atoms with Gasteiger partial charge in [-0.1, -0.05) is 18.2 Å². The van der Waals surface area contributed by atoms with Crippen molar-refractivity contribution in [1.29, 1.82) is 0 Å². The summed E-state index contributed by atoms with van der Waals surface area (Å²) < 4.78 is 10.9. The van der Waals surface area contributed by atoms with Crippen LogP contribution in [0.4, 0.5) is 11.4 Å². The van der Waals surface area contributed by atoms with Crippen molar-refractivity contribution in [2.45, 2.75) is 26.5 Å². The third-order valence-corrected chi connectivity index (χ3v) is 4.14. The molecule has 1 heterocycles. The highest BCUT2D eigenvalue weighted by atomic mass is 16.5. The normalized spacial score (nSPS) is 10.5. The number of nitrogens with zero attached hydrogens (tertiary/aromatic N) is 1. The molecule has 6 heteroatoms. The van der Waals surface area contributed by atoms with Crippen molar-refractivity contribution in [3.63, 3.8) is 0 Å². The number of ether oxygens (including phenoxy) is 2. The van der Waals surface area contributed by atoms with Gasteiger partial charge in [0.2, 0.25) is 0 Å². The molecule has 0 spiro atoms. The number of hydrogen-bond acceptors (Lipinski definition) is 5. The molecule has 1 aromatic heterocycles. The molecule has 2 aromatic carbocycles. The molecule has 6 nitrogen and oxygen atoms in total. The van der Waals surface area contributed by atoms with Crippen molar-refractivity contribution in [3.8, 4) is 11.5 Å². The van der Waals surface area contributed by atoms with Crippen LogP contribution in [0.25, 0.3) is 0 Å². The van der Waals surface area contributed by atoms with Gasteiger partial charge in [-0.2, -0.15) is 0 Å². The first-order valence-electron chi connectivity index (χ1n) is 9.45. The number of amides is 1. The second-order valence-electron chi connectivity index (χ2n) is 6.74. The number of carbonyl (C=O) groups excluding carboxylic acids is 1. The minimum atomic E-state index is -0.238. The van der Waals surface area contributed by atoms with Crippen molar-refractivity contribution in [2.75, 3.05) is 12.4 Å². The molecule has 0 aliphatic carbocycles. The Bertz CT molecular complexity index is 938. The summed E-state index contributed by atoms with van der Waals surface area (Å²) in [4.78, 5) is 16.6. The largest absolute Gasteiger partial charge is 0.496 e. The molecule has 3 aromatic rings. The molecule has 0 radical (unpaired) electrons. The second-order valence-corrected chi connectivity index (χ2v) is 6.74. The van der Waals surface area contributed by atoms with Crippen LogP contribution in [0, 0.1) is 0 Å². The standard InChI is InChI=1S/C23H25N3O3/c1-16(2)29-20-11-8-18(9-12-20)26-19-10-13-21(24-15-19)23(27)25-14-17-6-4-5-7-22(17)28-3/h4-13,15-16,26H,14H2,1-3H3,(H,25,27). The summed E-state index contributed by atoms with van der Waals surface area (Å²) in [5.41, 5.74) is 2.97. The molecular weight excluding hydrogens is 366 g/mol. The van der Waals surface area contributed by atoms with Crippen LogP contribution in [0.1, 0.15) is 29.9 Å². The third kappa shape index (κ3) is 5.72. The number of anilines is 2. The average molecular weight is 391 g/mol. The number of carbonyl (C=O) groups is 1. The molecule has 0 unspecified atom stereocenters. The fraction of sp³-hybridized carbons (Fsp3) is 0.217. The van der Waals surface area contributed by atoms with Gasteiger partial charge in [0.1, 0.15) is 17.2 Å². The van der Waals surface area contributed by atoms with E-state index in [0.717, 1.165) is 28.4 Å². The van der Waals surface area contributed by atoms with Gasteiger partial charge in [0, 0.05) is 17.8 Å². The number of hydrogen-bond donors (Lipinski definition) is 2. The smallest absolute Gasteiger partial charge is 0.270 e. The molecule has 0 atom stereocenters. The maximum Gasteiger partial charge on any atom is 0.270 e. The predicted octanol–water partition coefficient (Wildman–Crippen LogP) is 4.55. The molecule has 0 saturated carbocycles. The van der Waals surface area contributed by atoms with Gasteiger partial charge in [-0.05, 0) is 56.3 Å². The summed E-state index contributed by atoms with van der Waals surface area (Å²) >= 11 is 0. The van der Waals surface area contributed by atoms with Gasteiger partial charge in [-0.15, -0.1) is 0 Å². The topological polar surface area (TPSA) is 72.5 Å². The maximum atomic E-state index is 12.4. The van der Waals surface area contributed by atoms with E-state index in [9.17, 15) is 4.79 Å². The summed E-state index contributed by atoms with van der Waals surface area (Å²) in [5, 5.41) is 6.12. The van der Waals surface area contributed by atoms with Gasteiger partial charge in [-0.25, -0.2) is 4.98 Å². The number of para-hydroxylation sites is 1. The molecule has 0 aliphatic rings. The number of methoxy groups -OCH3 is 1. The Hall–Kier alpha value is -3.54. The van der Waals surface area contributed by atoms with Crippen molar-refractivity contribution in [1.82, 2.24) is 10.3 Å². The lowest BCUT2D eigenvalue weighted by Gasteiger charge is -2.11. The molecule has 29 heavy (non-hydrogen) atoms. The maximum absolute atomic E-state index is 12.4. The van der Waals surface area contributed by atoms with E-state index in [1.807, 2.05) is 68.4 Å². The van der Waals surface area contributed by atoms with Crippen molar-refractivity contribution in [3.05, 3.63) is 78.1 Å². The van der Waals surface area contributed by atoms with E-state index in [2.05, 4.69) is 15.6 Å². The van der Waals surface area contributed by atoms with Crippen molar-refractivity contribution in [2.24, 2.45) is 0 Å². The summed E-state index contributed by atoms with van der Waals surface area (Å²) in [6, 6.07) is 18.8. The molecule has 0 fully saturated rings. The van der Waals surface area contributed by atoms with Gasteiger partial charge in [-0.3, -0.25) is 4.79 Å². The zero-order chi connectivity index (χ0) is 20.6. The number of nitrogens with one attached hydrogen (secondary N) is 2. The Morgan fingerprint density at radius 2 is 1.72 bits per heavy atom. The van der Waals surface area contributed by atoms with E-state index >= 15 is 0 Å². The fourth-order valence-electron chi connectivity index (χ4n) is 2.77. The van der Waals surface area contributed by atoms with E-state index in [0.29, 0.717) is 12.2 Å². The quantitative estimate of drug-likeness (QED) is 0.589. The summed E-state index contributed by atoms with van der Waals surface area (Å²) in [6.45, 7) is 4.35. The molecule has 150 valence electrons. The molecule has 2 N–H and O–H groups in total. The Morgan fingerprint density at radius 3 is 2.38 bits per heavy atom. The molecule has 1 amide bonds. The third-order valence-electron chi connectivity index (χ3n) is 4.14. The van der Waals surface area contributed by atoms with Gasteiger partial charge in [0.25, 0.3) is 5.91 Å². The van der Waals surface area contributed by atoms with E-state index < -0.39 is 0 Å².